The molecule has 1 saturated heterocycles. The lowest BCUT2D eigenvalue weighted by atomic mass is 10.1. The van der Waals surface area contributed by atoms with Gasteiger partial charge < -0.3 is 4.74 Å². The van der Waals surface area contributed by atoms with Crippen LogP contribution in [0.25, 0.3) is 0 Å². The van der Waals surface area contributed by atoms with Gasteiger partial charge in [-0.2, -0.15) is 0 Å². The van der Waals surface area contributed by atoms with Gasteiger partial charge in [-0.3, -0.25) is 0 Å². The van der Waals surface area contributed by atoms with Crippen LogP contribution in [0.3, 0.4) is 0 Å². The molecule has 0 radical (unpaired) electrons. The number of hydrogen-bond acceptors (Lipinski definition) is 2. The minimum absolute atomic E-state index is 0.0737. The summed E-state index contributed by atoms with van der Waals surface area (Å²) < 4.78 is 6.67. The molecule has 1 atom stereocenters. The molecule has 1 aromatic rings. The minimum atomic E-state index is 0.0737. The summed E-state index contributed by atoms with van der Waals surface area (Å²) in [6.45, 7) is 4.23. The van der Waals surface area contributed by atoms with E-state index in [1.54, 1.807) is 11.3 Å². The Balaban J connectivity index is 2.20. The molecule has 1 aliphatic heterocycles. The molecule has 1 aliphatic rings. The van der Waals surface area contributed by atoms with Crippen molar-refractivity contribution in [1.82, 2.24) is 0 Å². The van der Waals surface area contributed by atoms with Gasteiger partial charge in [0.05, 0.1) is 9.39 Å². The third-order valence-corrected chi connectivity index (χ3v) is 3.52. The lowest BCUT2D eigenvalue weighted by molar-refractivity contribution is 0.326. The van der Waals surface area contributed by atoms with Gasteiger partial charge in [-0.25, -0.2) is 0 Å². The molecule has 0 bridgehead atoms. The largest absolute Gasteiger partial charge is 0.361 e. The van der Waals surface area contributed by atoms with E-state index in [0.717, 1.165) is 0 Å². The molecular formula is C8H9BrOS. The maximum Gasteiger partial charge on any atom is 0.121 e. The maximum atomic E-state index is 5.49. The highest BCUT2D eigenvalue weighted by atomic mass is 79.9. The van der Waals surface area contributed by atoms with Gasteiger partial charge in [0, 0.05) is 4.88 Å². The van der Waals surface area contributed by atoms with E-state index in [-0.39, 0.29) is 5.60 Å². The fourth-order valence-electron chi connectivity index (χ4n) is 1.14. The molecule has 60 valence electrons. The molecule has 1 nitrogen and oxygen atoms in total. The van der Waals surface area contributed by atoms with Crippen LogP contribution in [0, 0.1) is 0 Å². The van der Waals surface area contributed by atoms with E-state index in [1.165, 1.54) is 8.66 Å². The van der Waals surface area contributed by atoms with Crippen LogP contribution in [0.2, 0.25) is 0 Å². The first-order chi connectivity index (χ1) is 5.09. The van der Waals surface area contributed by atoms with Crippen molar-refractivity contribution in [1.29, 1.82) is 0 Å². The average Bonchev–Trinajstić information content (AvgIpc) is 2.39. The van der Waals surface area contributed by atoms with Crippen LogP contribution >= 0.6 is 27.3 Å². The third kappa shape index (κ3) is 1.37. The zero-order valence-corrected chi connectivity index (χ0v) is 8.83. The van der Waals surface area contributed by atoms with Crippen molar-refractivity contribution in [2.24, 2.45) is 0 Å². The summed E-state index contributed by atoms with van der Waals surface area (Å²) in [7, 11) is 0. The molecule has 0 aromatic carbocycles. The summed E-state index contributed by atoms with van der Waals surface area (Å²) in [5, 5.41) is 0. The molecule has 0 saturated carbocycles. The second-order valence-electron chi connectivity index (χ2n) is 3.24. The highest BCUT2D eigenvalue weighted by molar-refractivity contribution is 9.11. The smallest absolute Gasteiger partial charge is 0.121 e. The fraction of sp³-hybridized carbons (Fsp3) is 0.500. The predicted octanol–water partition coefficient (Wildman–Crippen LogP) is 3.36. The number of ether oxygens (including phenoxy) is 1. The first-order valence-corrected chi connectivity index (χ1v) is 5.13. The highest BCUT2D eigenvalue weighted by Crippen LogP contribution is 2.51. The number of halogens is 1. The summed E-state index contributed by atoms with van der Waals surface area (Å²) in [5.74, 6) is 0. The van der Waals surface area contributed by atoms with E-state index in [0.29, 0.717) is 6.10 Å². The van der Waals surface area contributed by atoms with Crippen molar-refractivity contribution in [2.75, 3.05) is 0 Å². The molecule has 1 aromatic heterocycles. The number of thiophene rings is 1. The third-order valence-electron chi connectivity index (χ3n) is 1.85. The maximum absolute atomic E-state index is 5.49. The van der Waals surface area contributed by atoms with Crippen molar-refractivity contribution in [2.45, 2.75) is 25.6 Å². The van der Waals surface area contributed by atoms with E-state index >= 15 is 0 Å². The molecule has 11 heavy (non-hydrogen) atoms. The summed E-state index contributed by atoms with van der Waals surface area (Å²) in [6, 6.07) is 4.19. The SMILES string of the molecule is CC1(C)OC1c1ccc(Br)s1. The Morgan fingerprint density at radius 1 is 1.55 bits per heavy atom. The van der Waals surface area contributed by atoms with Gasteiger partial charge in [-0.1, -0.05) is 0 Å². The van der Waals surface area contributed by atoms with Crippen LogP contribution < -0.4 is 0 Å². The Labute approximate surface area is 78.5 Å². The predicted molar refractivity (Wildman–Crippen MR) is 49.9 cm³/mol. The van der Waals surface area contributed by atoms with E-state index in [9.17, 15) is 0 Å². The Hall–Kier alpha value is 0.140. The molecule has 2 heterocycles. The molecule has 1 fully saturated rings. The lowest BCUT2D eigenvalue weighted by Gasteiger charge is -1.90. The van der Waals surface area contributed by atoms with Crippen molar-refractivity contribution in [3.05, 3.63) is 20.8 Å². The Kier molecular flexibility index (Phi) is 1.63. The van der Waals surface area contributed by atoms with Gasteiger partial charge in [0.15, 0.2) is 0 Å². The van der Waals surface area contributed by atoms with Crippen LogP contribution in [0.1, 0.15) is 24.8 Å². The Morgan fingerprint density at radius 2 is 2.18 bits per heavy atom. The van der Waals surface area contributed by atoms with Crippen LogP contribution in [0.4, 0.5) is 0 Å². The number of epoxide rings is 1. The van der Waals surface area contributed by atoms with Gasteiger partial charge in [0.1, 0.15) is 6.10 Å². The van der Waals surface area contributed by atoms with Crippen LogP contribution in [-0.2, 0) is 4.74 Å². The lowest BCUT2D eigenvalue weighted by Crippen LogP contribution is -1.95. The summed E-state index contributed by atoms with van der Waals surface area (Å²) in [4.78, 5) is 1.32. The topological polar surface area (TPSA) is 12.5 Å². The quantitative estimate of drug-likeness (QED) is 0.677. The monoisotopic (exact) mass is 232 g/mol. The van der Waals surface area contributed by atoms with Crippen molar-refractivity contribution >= 4 is 27.3 Å². The minimum Gasteiger partial charge on any atom is -0.361 e. The fourth-order valence-corrected chi connectivity index (χ4v) is 2.77. The molecule has 0 amide bonds. The Morgan fingerprint density at radius 3 is 2.55 bits per heavy atom. The van der Waals surface area contributed by atoms with E-state index < -0.39 is 0 Å². The molecule has 1 unspecified atom stereocenters. The normalized spacial score (nSPS) is 27.0. The second kappa shape index (κ2) is 2.31. The second-order valence-corrected chi connectivity index (χ2v) is 5.74. The molecule has 0 aliphatic carbocycles. The first-order valence-electron chi connectivity index (χ1n) is 3.53. The van der Waals surface area contributed by atoms with E-state index in [1.807, 2.05) is 0 Å². The molecule has 3 heteroatoms. The van der Waals surface area contributed by atoms with E-state index in [4.69, 9.17) is 4.74 Å². The standard InChI is InChI=1S/C8H9BrOS/c1-8(2)7(10-8)5-3-4-6(9)11-5/h3-4,7H,1-2H3. The van der Waals surface area contributed by atoms with Crippen LogP contribution in [-0.4, -0.2) is 5.60 Å². The Bertz CT molecular complexity index is 279. The van der Waals surface area contributed by atoms with E-state index in [2.05, 4.69) is 41.9 Å². The summed E-state index contributed by atoms with van der Waals surface area (Å²) in [5.41, 5.74) is 0.0737. The van der Waals surface area contributed by atoms with Crippen molar-refractivity contribution < 1.29 is 4.74 Å². The zero-order valence-electron chi connectivity index (χ0n) is 6.43. The molecule has 2 rings (SSSR count). The van der Waals surface area contributed by atoms with Gasteiger partial charge in [0.25, 0.3) is 0 Å². The summed E-state index contributed by atoms with van der Waals surface area (Å²) in [6.07, 6.45) is 0.332. The number of rotatable bonds is 1. The molecule has 0 spiro atoms. The van der Waals surface area contributed by atoms with Gasteiger partial charge >= 0.3 is 0 Å². The van der Waals surface area contributed by atoms with Gasteiger partial charge in [-0.15, -0.1) is 11.3 Å². The summed E-state index contributed by atoms with van der Waals surface area (Å²) >= 11 is 5.18. The average molecular weight is 233 g/mol. The number of hydrogen-bond donors (Lipinski definition) is 0. The van der Waals surface area contributed by atoms with Crippen LogP contribution in [0.5, 0.6) is 0 Å². The first kappa shape index (κ1) is 7.77. The highest BCUT2D eigenvalue weighted by Gasteiger charge is 2.49. The molecule has 0 N–H and O–H groups in total. The zero-order chi connectivity index (χ0) is 8.06. The van der Waals surface area contributed by atoms with Gasteiger partial charge in [0.2, 0.25) is 0 Å². The van der Waals surface area contributed by atoms with Crippen LogP contribution in [0.15, 0.2) is 15.9 Å². The molecular weight excluding hydrogens is 224 g/mol. The van der Waals surface area contributed by atoms with Gasteiger partial charge in [-0.05, 0) is 41.9 Å². The van der Waals surface area contributed by atoms with Crippen molar-refractivity contribution in [3.63, 3.8) is 0 Å². The van der Waals surface area contributed by atoms with Crippen molar-refractivity contribution in [3.8, 4) is 0 Å².